The van der Waals surface area contributed by atoms with Crippen molar-refractivity contribution in [2.75, 3.05) is 25.5 Å². The summed E-state index contributed by atoms with van der Waals surface area (Å²) in [5.74, 6) is 0.753. The molecule has 1 aliphatic rings. The second-order valence-corrected chi connectivity index (χ2v) is 6.81. The molecule has 1 N–H and O–H groups in total. The summed E-state index contributed by atoms with van der Waals surface area (Å²) in [6.07, 6.45) is 4.47. The monoisotopic (exact) mass is 363 g/mol. The molecule has 0 saturated carbocycles. The van der Waals surface area contributed by atoms with Gasteiger partial charge in [0.25, 0.3) is 0 Å². The number of nitrogens with one attached hydrogen (secondary N) is 1. The molecular formula is C22H25N3O2. The number of hydrogen-bond acceptors (Lipinski definition) is 4. The van der Waals surface area contributed by atoms with Crippen molar-refractivity contribution in [1.29, 1.82) is 5.26 Å². The van der Waals surface area contributed by atoms with E-state index in [-0.39, 0.29) is 11.9 Å². The Labute approximate surface area is 160 Å². The Morgan fingerprint density at radius 1 is 1.19 bits per heavy atom. The lowest BCUT2D eigenvalue weighted by molar-refractivity contribution is -0.117. The van der Waals surface area contributed by atoms with Crippen LogP contribution in [0.25, 0.3) is 0 Å². The molecule has 5 nitrogen and oxygen atoms in total. The van der Waals surface area contributed by atoms with Gasteiger partial charge in [0, 0.05) is 6.04 Å². The van der Waals surface area contributed by atoms with E-state index in [1.807, 2.05) is 18.2 Å². The molecule has 1 saturated heterocycles. The predicted octanol–water partition coefficient (Wildman–Crippen LogP) is 4.12. The minimum Gasteiger partial charge on any atom is -0.497 e. The number of likely N-dealkylation sites (tertiary alicyclic amines) is 1. The minimum atomic E-state index is -0.0851. The second kappa shape index (κ2) is 9.20. The first-order valence-corrected chi connectivity index (χ1v) is 9.38. The van der Waals surface area contributed by atoms with Crippen molar-refractivity contribution in [3.05, 3.63) is 59.7 Å². The molecule has 1 heterocycles. The van der Waals surface area contributed by atoms with Gasteiger partial charge in [-0.15, -0.1) is 0 Å². The second-order valence-electron chi connectivity index (χ2n) is 6.81. The van der Waals surface area contributed by atoms with Crippen molar-refractivity contribution in [3.63, 3.8) is 0 Å². The van der Waals surface area contributed by atoms with Gasteiger partial charge >= 0.3 is 0 Å². The lowest BCUT2D eigenvalue weighted by Gasteiger charge is -2.30. The quantitative estimate of drug-likeness (QED) is 0.868. The summed E-state index contributed by atoms with van der Waals surface area (Å²) >= 11 is 0. The highest BCUT2D eigenvalue weighted by Gasteiger charge is 2.24. The van der Waals surface area contributed by atoms with Crippen molar-refractivity contribution in [1.82, 2.24) is 4.90 Å². The molecule has 0 bridgehead atoms. The van der Waals surface area contributed by atoms with Gasteiger partial charge in [-0.2, -0.15) is 5.26 Å². The summed E-state index contributed by atoms with van der Waals surface area (Å²) in [6, 6.07) is 17.6. The molecule has 5 heteroatoms. The number of carbonyl (C=O) groups is 1. The summed E-state index contributed by atoms with van der Waals surface area (Å²) in [7, 11) is 1.66. The Bertz CT molecular complexity index is 811. The van der Waals surface area contributed by atoms with Crippen LogP contribution >= 0.6 is 0 Å². The van der Waals surface area contributed by atoms with Crippen LogP contribution in [-0.2, 0) is 4.79 Å². The molecule has 0 aromatic heterocycles. The number of hydrogen-bond donors (Lipinski definition) is 1. The maximum Gasteiger partial charge on any atom is 0.238 e. The molecule has 0 radical (unpaired) electrons. The Kier molecular flexibility index (Phi) is 6.45. The van der Waals surface area contributed by atoms with Gasteiger partial charge in [0.1, 0.15) is 11.8 Å². The summed E-state index contributed by atoms with van der Waals surface area (Å²) in [4.78, 5) is 14.9. The van der Waals surface area contributed by atoms with E-state index >= 15 is 0 Å². The van der Waals surface area contributed by atoms with Gasteiger partial charge in [-0.3, -0.25) is 9.69 Å². The number of nitrogens with zero attached hydrogens (tertiary/aromatic N) is 2. The third-order valence-corrected chi connectivity index (χ3v) is 5.03. The normalized spacial score (nSPS) is 17.6. The van der Waals surface area contributed by atoms with E-state index in [9.17, 15) is 10.1 Å². The van der Waals surface area contributed by atoms with Gasteiger partial charge < -0.3 is 10.1 Å². The largest absolute Gasteiger partial charge is 0.497 e. The molecular weight excluding hydrogens is 338 g/mol. The van der Waals surface area contributed by atoms with Crippen molar-refractivity contribution in [2.45, 2.75) is 31.7 Å². The fourth-order valence-corrected chi connectivity index (χ4v) is 3.62. The van der Waals surface area contributed by atoms with Crippen molar-refractivity contribution < 1.29 is 9.53 Å². The molecule has 2 aromatic rings. The topological polar surface area (TPSA) is 65.4 Å². The van der Waals surface area contributed by atoms with Crippen LogP contribution in [0.2, 0.25) is 0 Å². The van der Waals surface area contributed by atoms with Gasteiger partial charge in [0.2, 0.25) is 5.91 Å². The van der Waals surface area contributed by atoms with Gasteiger partial charge in [-0.05, 0) is 49.2 Å². The van der Waals surface area contributed by atoms with Crippen LogP contribution in [0.15, 0.2) is 48.5 Å². The zero-order chi connectivity index (χ0) is 19.1. The Hall–Kier alpha value is -2.84. The van der Waals surface area contributed by atoms with E-state index in [1.54, 1.807) is 25.3 Å². The van der Waals surface area contributed by atoms with Gasteiger partial charge in [-0.25, -0.2) is 0 Å². The molecule has 27 heavy (non-hydrogen) atoms. The number of anilines is 1. The van der Waals surface area contributed by atoms with Gasteiger partial charge in [-0.1, -0.05) is 37.1 Å². The van der Waals surface area contributed by atoms with E-state index < -0.39 is 0 Å². The molecule has 140 valence electrons. The first-order valence-electron chi connectivity index (χ1n) is 9.38. The van der Waals surface area contributed by atoms with Crippen molar-refractivity contribution >= 4 is 11.6 Å². The number of rotatable bonds is 5. The van der Waals surface area contributed by atoms with E-state index in [4.69, 9.17) is 4.74 Å². The highest BCUT2D eigenvalue weighted by molar-refractivity contribution is 5.93. The number of amides is 1. The molecule has 0 spiro atoms. The van der Waals surface area contributed by atoms with E-state index in [0.717, 1.165) is 31.6 Å². The standard InChI is InChI=1S/C22H25N3O2/c1-27-19-12-10-17(11-13-19)21-9-3-2-6-14-25(21)16-22(26)24-20-8-5-4-7-18(20)15-23/h4-5,7-8,10-13,21H,2-3,6,9,14,16H2,1H3,(H,24,26). The summed E-state index contributed by atoms with van der Waals surface area (Å²) in [5, 5.41) is 12.1. The SMILES string of the molecule is COc1ccc(C2CCCCCN2CC(=O)Nc2ccccc2C#N)cc1. The Balaban J connectivity index is 1.73. The highest BCUT2D eigenvalue weighted by Crippen LogP contribution is 2.31. The molecule has 0 aliphatic carbocycles. The average molecular weight is 363 g/mol. The number of para-hydroxylation sites is 1. The molecule has 1 unspecified atom stereocenters. The summed E-state index contributed by atoms with van der Waals surface area (Å²) in [6.45, 7) is 1.21. The lowest BCUT2D eigenvalue weighted by atomic mass is 10.0. The molecule has 1 atom stereocenters. The van der Waals surface area contributed by atoms with Crippen LogP contribution in [-0.4, -0.2) is 31.0 Å². The first-order chi connectivity index (χ1) is 13.2. The molecule has 1 fully saturated rings. The number of ether oxygens (including phenoxy) is 1. The van der Waals surface area contributed by atoms with E-state index in [1.165, 1.54) is 12.0 Å². The van der Waals surface area contributed by atoms with Crippen LogP contribution in [0.4, 0.5) is 5.69 Å². The Morgan fingerprint density at radius 3 is 2.70 bits per heavy atom. The van der Waals surface area contributed by atoms with Crippen LogP contribution in [0, 0.1) is 11.3 Å². The van der Waals surface area contributed by atoms with Crippen molar-refractivity contribution in [2.24, 2.45) is 0 Å². The highest BCUT2D eigenvalue weighted by atomic mass is 16.5. The third-order valence-electron chi connectivity index (χ3n) is 5.03. The maximum absolute atomic E-state index is 12.7. The number of nitriles is 1. The predicted molar refractivity (Wildman–Crippen MR) is 106 cm³/mol. The maximum atomic E-state index is 12.7. The molecule has 3 rings (SSSR count). The summed E-state index contributed by atoms with van der Waals surface area (Å²) in [5.41, 5.74) is 2.26. The van der Waals surface area contributed by atoms with E-state index in [0.29, 0.717) is 17.8 Å². The van der Waals surface area contributed by atoms with Crippen LogP contribution in [0.1, 0.15) is 42.9 Å². The van der Waals surface area contributed by atoms with Gasteiger partial charge in [0.15, 0.2) is 0 Å². The fourth-order valence-electron chi connectivity index (χ4n) is 3.62. The zero-order valence-corrected chi connectivity index (χ0v) is 15.6. The number of carbonyl (C=O) groups excluding carboxylic acids is 1. The van der Waals surface area contributed by atoms with E-state index in [2.05, 4.69) is 28.4 Å². The lowest BCUT2D eigenvalue weighted by Crippen LogP contribution is -2.36. The van der Waals surface area contributed by atoms with Crippen LogP contribution in [0.5, 0.6) is 5.75 Å². The first kappa shape index (κ1) is 18.9. The minimum absolute atomic E-state index is 0.0851. The molecule has 1 amide bonds. The fraction of sp³-hybridized carbons (Fsp3) is 0.364. The average Bonchev–Trinajstić information content (AvgIpc) is 2.94. The molecule has 1 aliphatic heterocycles. The zero-order valence-electron chi connectivity index (χ0n) is 15.6. The van der Waals surface area contributed by atoms with Gasteiger partial charge in [0.05, 0.1) is 24.9 Å². The molecule has 2 aromatic carbocycles. The van der Waals surface area contributed by atoms with Crippen LogP contribution < -0.4 is 10.1 Å². The Morgan fingerprint density at radius 2 is 1.96 bits per heavy atom. The number of benzene rings is 2. The van der Waals surface area contributed by atoms with Crippen LogP contribution in [0.3, 0.4) is 0 Å². The smallest absolute Gasteiger partial charge is 0.238 e. The number of methoxy groups -OCH3 is 1. The van der Waals surface area contributed by atoms with Crippen molar-refractivity contribution in [3.8, 4) is 11.8 Å². The summed E-state index contributed by atoms with van der Waals surface area (Å²) < 4.78 is 5.26. The third kappa shape index (κ3) is 4.87.